The standard InChI is InChI=1S/C14H19NO5S/c1-3-20-13-7-5-4-6-10(13)11-8-21(17,18)9-12(15-11)14(16)19-2/h4-7,11-12,15H,3,8-9H2,1-2H3. The molecule has 0 aromatic heterocycles. The lowest BCUT2D eigenvalue weighted by atomic mass is 10.1. The summed E-state index contributed by atoms with van der Waals surface area (Å²) in [4.78, 5) is 11.7. The molecule has 6 nitrogen and oxygen atoms in total. The van der Waals surface area contributed by atoms with Crippen LogP contribution in [0.1, 0.15) is 18.5 Å². The first-order valence-corrected chi connectivity index (χ1v) is 8.55. The second-order valence-corrected chi connectivity index (χ2v) is 7.00. The maximum Gasteiger partial charge on any atom is 0.323 e. The molecule has 0 radical (unpaired) electrons. The zero-order valence-electron chi connectivity index (χ0n) is 12.0. The van der Waals surface area contributed by atoms with Crippen LogP contribution in [0.15, 0.2) is 24.3 Å². The molecule has 0 saturated carbocycles. The smallest absolute Gasteiger partial charge is 0.323 e. The maximum absolute atomic E-state index is 12.0. The highest BCUT2D eigenvalue weighted by Gasteiger charge is 2.37. The number of carbonyl (C=O) groups excluding carboxylic acids is 1. The summed E-state index contributed by atoms with van der Waals surface area (Å²) < 4.78 is 34.3. The lowest BCUT2D eigenvalue weighted by Crippen LogP contribution is -2.51. The quantitative estimate of drug-likeness (QED) is 0.824. The van der Waals surface area contributed by atoms with E-state index < -0.39 is 27.9 Å². The molecule has 0 bridgehead atoms. The van der Waals surface area contributed by atoms with E-state index in [1.54, 1.807) is 12.1 Å². The van der Waals surface area contributed by atoms with E-state index in [1.807, 2.05) is 19.1 Å². The summed E-state index contributed by atoms with van der Waals surface area (Å²) in [6.07, 6.45) is 0. The van der Waals surface area contributed by atoms with Crippen LogP contribution >= 0.6 is 0 Å². The summed E-state index contributed by atoms with van der Waals surface area (Å²) in [5.41, 5.74) is 0.733. The third-order valence-electron chi connectivity index (χ3n) is 3.32. The number of sulfone groups is 1. The third kappa shape index (κ3) is 3.74. The summed E-state index contributed by atoms with van der Waals surface area (Å²) in [5, 5.41) is 3.04. The minimum atomic E-state index is -3.33. The number of carbonyl (C=O) groups is 1. The highest BCUT2D eigenvalue weighted by molar-refractivity contribution is 7.91. The first-order valence-electron chi connectivity index (χ1n) is 6.73. The van der Waals surface area contributed by atoms with E-state index >= 15 is 0 Å². The molecule has 2 rings (SSSR count). The van der Waals surface area contributed by atoms with Gasteiger partial charge in [-0.15, -0.1) is 0 Å². The molecule has 0 spiro atoms. The van der Waals surface area contributed by atoms with Crippen molar-refractivity contribution in [3.63, 3.8) is 0 Å². The molecule has 1 aromatic carbocycles. The Morgan fingerprint density at radius 3 is 2.71 bits per heavy atom. The van der Waals surface area contributed by atoms with Crippen LogP contribution in [0.4, 0.5) is 0 Å². The van der Waals surface area contributed by atoms with Crippen LogP contribution in [0.3, 0.4) is 0 Å². The van der Waals surface area contributed by atoms with Gasteiger partial charge in [0.2, 0.25) is 0 Å². The molecule has 0 aliphatic carbocycles. The molecule has 1 aliphatic heterocycles. The van der Waals surface area contributed by atoms with Gasteiger partial charge in [-0.1, -0.05) is 18.2 Å². The minimum absolute atomic E-state index is 0.0649. The molecule has 0 amide bonds. The van der Waals surface area contributed by atoms with E-state index in [9.17, 15) is 13.2 Å². The van der Waals surface area contributed by atoms with Gasteiger partial charge in [0.05, 0.1) is 31.3 Å². The number of benzene rings is 1. The first kappa shape index (κ1) is 15.8. The van der Waals surface area contributed by atoms with Gasteiger partial charge < -0.3 is 9.47 Å². The van der Waals surface area contributed by atoms with Gasteiger partial charge >= 0.3 is 5.97 Å². The van der Waals surface area contributed by atoms with Gasteiger partial charge in [-0.05, 0) is 13.0 Å². The fourth-order valence-corrected chi connectivity index (χ4v) is 4.09. The van der Waals surface area contributed by atoms with Crippen molar-refractivity contribution in [2.45, 2.75) is 19.0 Å². The van der Waals surface area contributed by atoms with E-state index in [-0.39, 0.29) is 11.5 Å². The molecule has 7 heteroatoms. The first-order chi connectivity index (χ1) is 9.96. The van der Waals surface area contributed by atoms with E-state index in [1.165, 1.54) is 7.11 Å². The van der Waals surface area contributed by atoms with E-state index in [0.717, 1.165) is 5.56 Å². The maximum atomic E-state index is 12.0. The molecule has 2 atom stereocenters. The molecule has 1 fully saturated rings. The Balaban J connectivity index is 2.32. The Bertz CT molecular complexity index is 614. The highest BCUT2D eigenvalue weighted by atomic mass is 32.2. The topological polar surface area (TPSA) is 81.7 Å². The number of para-hydroxylation sites is 1. The van der Waals surface area contributed by atoms with Crippen molar-refractivity contribution < 1.29 is 22.7 Å². The monoisotopic (exact) mass is 313 g/mol. The lowest BCUT2D eigenvalue weighted by molar-refractivity contribution is -0.142. The third-order valence-corrected chi connectivity index (χ3v) is 5.01. The van der Waals surface area contributed by atoms with Gasteiger partial charge in [-0.2, -0.15) is 0 Å². The molecule has 1 saturated heterocycles. The Hall–Kier alpha value is -1.60. The zero-order chi connectivity index (χ0) is 15.5. The van der Waals surface area contributed by atoms with Crippen LogP contribution in [0, 0.1) is 0 Å². The fraction of sp³-hybridized carbons (Fsp3) is 0.500. The number of esters is 1. The minimum Gasteiger partial charge on any atom is -0.494 e. The lowest BCUT2D eigenvalue weighted by Gasteiger charge is -2.30. The molecule has 21 heavy (non-hydrogen) atoms. The number of methoxy groups -OCH3 is 1. The number of ether oxygens (including phenoxy) is 2. The molecule has 116 valence electrons. The summed E-state index contributed by atoms with van der Waals surface area (Å²) in [6.45, 7) is 2.34. The van der Waals surface area contributed by atoms with Crippen molar-refractivity contribution in [3.05, 3.63) is 29.8 Å². The van der Waals surface area contributed by atoms with Gasteiger partial charge in [0, 0.05) is 5.56 Å². The number of hydrogen-bond donors (Lipinski definition) is 1. The SMILES string of the molecule is CCOc1ccccc1C1CS(=O)(=O)CC(C(=O)OC)N1. The van der Waals surface area contributed by atoms with Gasteiger partial charge in [-0.25, -0.2) is 8.42 Å². The van der Waals surface area contributed by atoms with Gasteiger partial charge in [0.15, 0.2) is 9.84 Å². The number of rotatable bonds is 4. The van der Waals surface area contributed by atoms with Crippen molar-refractivity contribution in [2.24, 2.45) is 0 Å². The van der Waals surface area contributed by atoms with Crippen LogP contribution in [0.25, 0.3) is 0 Å². The summed E-state index contributed by atoms with van der Waals surface area (Å²) >= 11 is 0. The second-order valence-electron chi connectivity index (χ2n) is 4.84. The zero-order valence-corrected chi connectivity index (χ0v) is 12.9. The van der Waals surface area contributed by atoms with Crippen LogP contribution in [0.2, 0.25) is 0 Å². The molecule has 2 unspecified atom stereocenters. The van der Waals surface area contributed by atoms with Crippen molar-refractivity contribution >= 4 is 15.8 Å². The van der Waals surface area contributed by atoms with Crippen molar-refractivity contribution in [2.75, 3.05) is 25.2 Å². The molecular weight excluding hydrogens is 294 g/mol. The fourth-order valence-electron chi connectivity index (χ4n) is 2.43. The van der Waals surface area contributed by atoms with E-state index in [0.29, 0.717) is 12.4 Å². The van der Waals surface area contributed by atoms with Crippen molar-refractivity contribution in [3.8, 4) is 5.75 Å². The number of hydrogen-bond acceptors (Lipinski definition) is 6. The van der Waals surface area contributed by atoms with Gasteiger partial charge in [0.1, 0.15) is 11.8 Å². The predicted molar refractivity (Wildman–Crippen MR) is 77.9 cm³/mol. The van der Waals surface area contributed by atoms with E-state index in [4.69, 9.17) is 4.74 Å². The summed E-state index contributed by atoms with van der Waals surface area (Å²) in [6, 6.07) is 5.88. The average Bonchev–Trinajstić information content (AvgIpc) is 2.45. The van der Waals surface area contributed by atoms with E-state index in [2.05, 4.69) is 10.1 Å². The highest BCUT2D eigenvalue weighted by Crippen LogP contribution is 2.29. The summed E-state index contributed by atoms with van der Waals surface area (Å²) in [7, 11) is -2.09. The molecule has 1 aromatic rings. The average molecular weight is 313 g/mol. The van der Waals surface area contributed by atoms with Crippen molar-refractivity contribution in [1.82, 2.24) is 5.32 Å². The molecule has 1 N–H and O–H groups in total. The second kappa shape index (κ2) is 6.44. The van der Waals surface area contributed by atoms with Crippen LogP contribution in [0.5, 0.6) is 5.75 Å². The normalized spacial score (nSPS) is 24.3. The molecular formula is C14H19NO5S. The Kier molecular flexibility index (Phi) is 4.84. The van der Waals surface area contributed by atoms with Gasteiger partial charge in [-0.3, -0.25) is 10.1 Å². The Labute approximate surface area is 124 Å². The Morgan fingerprint density at radius 1 is 1.33 bits per heavy atom. The largest absolute Gasteiger partial charge is 0.494 e. The van der Waals surface area contributed by atoms with Gasteiger partial charge in [0.25, 0.3) is 0 Å². The Morgan fingerprint density at radius 2 is 2.05 bits per heavy atom. The van der Waals surface area contributed by atoms with Crippen LogP contribution in [-0.2, 0) is 19.4 Å². The van der Waals surface area contributed by atoms with Crippen LogP contribution in [-0.4, -0.2) is 45.7 Å². The number of nitrogens with one attached hydrogen (secondary N) is 1. The molecule has 1 aliphatic rings. The van der Waals surface area contributed by atoms with Crippen molar-refractivity contribution in [1.29, 1.82) is 0 Å². The van der Waals surface area contributed by atoms with Crippen LogP contribution < -0.4 is 10.1 Å². The summed E-state index contributed by atoms with van der Waals surface area (Å²) in [5.74, 6) is -0.257. The molecule has 1 heterocycles. The predicted octanol–water partition coefficient (Wildman–Crippen LogP) is 0.686.